The van der Waals surface area contributed by atoms with Crippen molar-refractivity contribution in [3.63, 3.8) is 0 Å². The third kappa shape index (κ3) is 3.80. The average Bonchev–Trinajstić information content (AvgIpc) is 2.67. The van der Waals surface area contributed by atoms with E-state index in [1.165, 1.54) is 0 Å². The average molecular weight is 296 g/mol. The predicted molar refractivity (Wildman–Crippen MR) is 84.3 cm³/mol. The molecule has 0 aromatic rings. The van der Waals surface area contributed by atoms with Crippen LogP contribution in [0.25, 0.3) is 0 Å². The van der Waals surface area contributed by atoms with Crippen molar-refractivity contribution in [2.24, 2.45) is 16.7 Å². The molecule has 3 nitrogen and oxygen atoms in total. The topological polar surface area (TPSA) is 46.5 Å². The Balaban J connectivity index is 2.02. The Morgan fingerprint density at radius 3 is 2.10 bits per heavy atom. The summed E-state index contributed by atoms with van der Waals surface area (Å²) in [6.45, 7) is 11.0. The molecule has 2 fully saturated rings. The minimum Gasteiger partial charge on any atom is -0.481 e. The summed E-state index contributed by atoms with van der Waals surface area (Å²) in [4.78, 5) is 11.9. The number of rotatable bonds is 3. The molecule has 1 heterocycles. The number of hydrogen-bond acceptors (Lipinski definition) is 2. The molecule has 0 bridgehead atoms. The second-order valence-electron chi connectivity index (χ2n) is 8.97. The highest BCUT2D eigenvalue weighted by molar-refractivity contribution is 5.74. The van der Waals surface area contributed by atoms with Crippen LogP contribution in [0.1, 0.15) is 79.6 Å². The Morgan fingerprint density at radius 2 is 1.71 bits per heavy atom. The first kappa shape index (κ1) is 16.8. The summed E-state index contributed by atoms with van der Waals surface area (Å²) in [5.74, 6) is 0.0362. The molecule has 2 aliphatic rings. The van der Waals surface area contributed by atoms with Gasteiger partial charge in [0.2, 0.25) is 0 Å². The molecule has 1 aliphatic heterocycles. The normalized spacial score (nSPS) is 36.6. The Labute approximate surface area is 129 Å². The van der Waals surface area contributed by atoms with Crippen LogP contribution in [0.15, 0.2) is 0 Å². The molecular weight excluding hydrogens is 264 g/mol. The lowest BCUT2D eigenvalue weighted by atomic mass is 9.62. The molecule has 0 amide bonds. The number of carbonyl (C=O) groups is 1. The zero-order chi connectivity index (χ0) is 15.9. The molecule has 1 N–H and O–H groups in total. The molecule has 0 spiro atoms. The monoisotopic (exact) mass is 296 g/mol. The number of aliphatic carboxylic acids is 1. The van der Waals surface area contributed by atoms with Crippen LogP contribution in [-0.2, 0) is 9.53 Å². The van der Waals surface area contributed by atoms with E-state index in [-0.39, 0.29) is 17.1 Å². The van der Waals surface area contributed by atoms with Crippen LogP contribution in [-0.4, -0.2) is 22.8 Å². The molecule has 0 aromatic heterocycles. The fourth-order valence-corrected chi connectivity index (χ4v) is 4.20. The molecule has 122 valence electrons. The van der Waals surface area contributed by atoms with E-state index in [9.17, 15) is 9.90 Å². The van der Waals surface area contributed by atoms with Gasteiger partial charge in [-0.2, -0.15) is 0 Å². The zero-order valence-corrected chi connectivity index (χ0v) is 14.4. The molecule has 1 aliphatic carbocycles. The lowest BCUT2D eigenvalue weighted by Gasteiger charge is -2.42. The Hall–Kier alpha value is -0.570. The standard InChI is InChI=1S/C18H32O3/c1-16(2,3)13-6-10-18(11-7-13,15(19)20)12-14-8-9-17(4,5)21-14/h13-14H,6-12H2,1-5H3,(H,19,20). The van der Waals surface area contributed by atoms with Gasteiger partial charge in [-0.25, -0.2) is 0 Å². The van der Waals surface area contributed by atoms with Crippen molar-refractivity contribution in [1.82, 2.24) is 0 Å². The molecule has 0 aromatic carbocycles. The van der Waals surface area contributed by atoms with E-state index in [0.29, 0.717) is 12.3 Å². The highest BCUT2D eigenvalue weighted by Crippen LogP contribution is 2.49. The molecule has 3 heteroatoms. The molecule has 1 saturated carbocycles. The van der Waals surface area contributed by atoms with Gasteiger partial charge >= 0.3 is 5.97 Å². The number of carboxylic acid groups (broad SMARTS) is 1. The Bertz CT molecular complexity index is 384. The van der Waals surface area contributed by atoms with Crippen LogP contribution in [0.4, 0.5) is 0 Å². The van der Waals surface area contributed by atoms with Crippen LogP contribution < -0.4 is 0 Å². The maximum absolute atomic E-state index is 11.9. The summed E-state index contributed by atoms with van der Waals surface area (Å²) in [5.41, 5.74) is -0.337. The zero-order valence-electron chi connectivity index (χ0n) is 14.4. The first-order valence-corrected chi connectivity index (χ1v) is 8.45. The van der Waals surface area contributed by atoms with Gasteiger partial charge in [-0.3, -0.25) is 4.79 Å². The summed E-state index contributed by atoms with van der Waals surface area (Å²) in [6.07, 6.45) is 6.56. The first-order valence-electron chi connectivity index (χ1n) is 8.45. The SMILES string of the molecule is CC1(C)CCC(CC2(C(=O)O)CCC(C(C)(C)C)CC2)O1. The van der Waals surface area contributed by atoms with E-state index in [1.807, 2.05) is 0 Å². The van der Waals surface area contributed by atoms with Gasteiger partial charge in [0.25, 0.3) is 0 Å². The van der Waals surface area contributed by atoms with Crippen LogP contribution in [0, 0.1) is 16.7 Å². The highest BCUT2D eigenvalue weighted by atomic mass is 16.5. The van der Waals surface area contributed by atoms with Crippen molar-refractivity contribution in [2.45, 2.75) is 91.3 Å². The quantitative estimate of drug-likeness (QED) is 0.825. The summed E-state index contributed by atoms with van der Waals surface area (Å²) in [6, 6.07) is 0. The van der Waals surface area contributed by atoms with Crippen molar-refractivity contribution in [3.8, 4) is 0 Å². The minimum absolute atomic E-state index is 0.0764. The summed E-state index contributed by atoms with van der Waals surface area (Å²) in [5, 5.41) is 9.81. The van der Waals surface area contributed by atoms with Crippen molar-refractivity contribution in [2.75, 3.05) is 0 Å². The second kappa shape index (κ2) is 5.57. The summed E-state index contributed by atoms with van der Waals surface area (Å²) < 4.78 is 6.06. The maximum atomic E-state index is 11.9. The molecule has 21 heavy (non-hydrogen) atoms. The minimum atomic E-state index is -0.608. The molecule has 1 atom stereocenters. The van der Waals surface area contributed by atoms with Crippen molar-refractivity contribution >= 4 is 5.97 Å². The predicted octanol–water partition coefficient (Wildman–Crippen LogP) is 4.64. The van der Waals surface area contributed by atoms with E-state index < -0.39 is 11.4 Å². The Kier molecular flexibility index (Phi) is 4.45. The van der Waals surface area contributed by atoms with Crippen LogP contribution in [0.5, 0.6) is 0 Å². The van der Waals surface area contributed by atoms with E-state index in [4.69, 9.17) is 4.74 Å². The van der Waals surface area contributed by atoms with Gasteiger partial charge in [-0.05, 0) is 70.1 Å². The number of carboxylic acids is 1. The van der Waals surface area contributed by atoms with Gasteiger partial charge in [0, 0.05) is 0 Å². The third-order valence-corrected chi connectivity index (χ3v) is 5.79. The van der Waals surface area contributed by atoms with Crippen molar-refractivity contribution < 1.29 is 14.6 Å². The maximum Gasteiger partial charge on any atom is 0.309 e. The summed E-state index contributed by atoms with van der Waals surface area (Å²) in [7, 11) is 0. The lowest BCUT2D eigenvalue weighted by Crippen LogP contribution is -2.40. The van der Waals surface area contributed by atoms with Crippen LogP contribution in [0.3, 0.4) is 0 Å². The van der Waals surface area contributed by atoms with E-state index >= 15 is 0 Å². The van der Waals surface area contributed by atoms with E-state index in [1.54, 1.807) is 0 Å². The van der Waals surface area contributed by atoms with Gasteiger partial charge in [0.1, 0.15) is 0 Å². The fraction of sp³-hybridized carbons (Fsp3) is 0.944. The fourth-order valence-electron chi connectivity index (χ4n) is 4.20. The molecular formula is C18H32O3. The van der Waals surface area contributed by atoms with Gasteiger partial charge < -0.3 is 9.84 Å². The van der Waals surface area contributed by atoms with Gasteiger partial charge in [0.15, 0.2) is 0 Å². The molecule has 2 rings (SSSR count). The van der Waals surface area contributed by atoms with E-state index in [0.717, 1.165) is 38.5 Å². The van der Waals surface area contributed by atoms with Gasteiger partial charge in [0.05, 0.1) is 17.1 Å². The second-order valence-corrected chi connectivity index (χ2v) is 8.97. The number of hydrogen-bond donors (Lipinski definition) is 1. The lowest BCUT2D eigenvalue weighted by molar-refractivity contribution is -0.156. The number of ether oxygens (including phenoxy) is 1. The molecule has 1 unspecified atom stereocenters. The smallest absolute Gasteiger partial charge is 0.309 e. The molecule has 0 radical (unpaired) electrons. The van der Waals surface area contributed by atoms with Crippen molar-refractivity contribution in [1.29, 1.82) is 0 Å². The van der Waals surface area contributed by atoms with Crippen LogP contribution >= 0.6 is 0 Å². The van der Waals surface area contributed by atoms with E-state index in [2.05, 4.69) is 34.6 Å². The highest BCUT2D eigenvalue weighted by Gasteiger charge is 2.47. The third-order valence-electron chi connectivity index (χ3n) is 5.79. The Morgan fingerprint density at radius 1 is 1.14 bits per heavy atom. The van der Waals surface area contributed by atoms with Crippen LogP contribution in [0.2, 0.25) is 0 Å². The first-order chi connectivity index (χ1) is 9.54. The van der Waals surface area contributed by atoms with Gasteiger partial charge in [-0.15, -0.1) is 0 Å². The summed E-state index contributed by atoms with van der Waals surface area (Å²) >= 11 is 0. The van der Waals surface area contributed by atoms with Crippen molar-refractivity contribution in [3.05, 3.63) is 0 Å². The molecule has 1 saturated heterocycles. The largest absolute Gasteiger partial charge is 0.481 e. The van der Waals surface area contributed by atoms with Gasteiger partial charge in [-0.1, -0.05) is 20.8 Å².